The van der Waals surface area contributed by atoms with Crippen LogP contribution in [0.2, 0.25) is 0 Å². The van der Waals surface area contributed by atoms with E-state index >= 15 is 0 Å². The lowest BCUT2D eigenvalue weighted by Crippen LogP contribution is -2.56. The summed E-state index contributed by atoms with van der Waals surface area (Å²) in [5.74, 6) is -0.611. The molecule has 2 heterocycles. The van der Waals surface area contributed by atoms with Crippen LogP contribution in [-0.2, 0) is 28.7 Å². The Balaban J connectivity index is 1.47. The number of nitrogens with one attached hydrogen (secondary N) is 1. The normalized spacial score (nSPS) is 27.1. The lowest BCUT2D eigenvalue weighted by atomic mass is 9.93. The third-order valence-corrected chi connectivity index (χ3v) is 9.40. The number of hydrogen-bond acceptors (Lipinski definition) is 6. The number of benzene rings is 1. The van der Waals surface area contributed by atoms with Crippen molar-refractivity contribution < 1.29 is 28.7 Å². The highest BCUT2D eigenvalue weighted by Gasteiger charge is 2.63. The van der Waals surface area contributed by atoms with Crippen molar-refractivity contribution in [1.82, 2.24) is 15.3 Å². The SMILES string of the molecule is CC[C@H](C)C[C@@H](CC(=O)N1CCC[C@H]1[C@H](OC)[C@@H](C)C(=O)N[C@@]1(C(=O)N2CCCCO2)C[C@H]1c1ccccc1)OC. The zero-order valence-corrected chi connectivity index (χ0v) is 25.5. The van der Waals surface area contributed by atoms with Crippen molar-refractivity contribution in [1.29, 1.82) is 0 Å². The van der Waals surface area contributed by atoms with Crippen molar-refractivity contribution in [2.45, 2.75) is 102 Å². The fraction of sp³-hybridized carbons (Fsp3) is 0.719. The minimum atomic E-state index is -1.05. The van der Waals surface area contributed by atoms with Crippen LogP contribution in [0.4, 0.5) is 0 Å². The second kappa shape index (κ2) is 14.1. The number of ether oxygens (including phenoxy) is 2. The highest BCUT2D eigenvalue weighted by Crippen LogP contribution is 2.53. The molecule has 0 spiro atoms. The molecule has 0 aromatic heterocycles. The van der Waals surface area contributed by atoms with Crippen molar-refractivity contribution in [3.8, 4) is 0 Å². The van der Waals surface area contributed by atoms with Crippen LogP contribution in [0.1, 0.15) is 83.6 Å². The topological polar surface area (TPSA) is 97.4 Å². The maximum atomic E-state index is 13.8. The van der Waals surface area contributed by atoms with E-state index < -0.39 is 17.6 Å². The third-order valence-electron chi connectivity index (χ3n) is 9.40. The summed E-state index contributed by atoms with van der Waals surface area (Å²) in [5, 5.41) is 4.59. The van der Waals surface area contributed by atoms with Crippen molar-refractivity contribution in [2.75, 3.05) is 33.9 Å². The number of likely N-dealkylation sites (tertiary alicyclic amines) is 1. The fourth-order valence-corrected chi connectivity index (χ4v) is 6.57. The number of rotatable bonds is 13. The molecule has 3 amide bonds. The average molecular weight is 572 g/mol. The van der Waals surface area contributed by atoms with E-state index in [1.807, 2.05) is 42.2 Å². The van der Waals surface area contributed by atoms with E-state index in [4.69, 9.17) is 14.3 Å². The van der Waals surface area contributed by atoms with Gasteiger partial charge in [0.1, 0.15) is 5.54 Å². The molecule has 0 radical (unpaired) electrons. The number of carbonyl (C=O) groups is 3. The molecule has 9 heteroatoms. The highest BCUT2D eigenvalue weighted by atomic mass is 16.7. The fourth-order valence-electron chi connectivity index (χ4n) is 6.57. The Labute approximate surface area is 245 Å². The monoisotopic (exact) mass is 571 g/mol. The molecule has 3 fully saturated rings. The molecule has 9 nitrogen and oxygen atoms in total. The van der Waals surface area contributed by atoms with Crippen molar-refractivity contribution in [2.24, 2.45) is 11.8 Å². The second-order valence-corrected chi connectivity index (χ2v) is 12.2. The first-order valence-corrected chi connectivity index (χ1v) is 15.4. The van der Waals surface area contributed by atoms with Crippen molar-refractivity contribution in [3.05, 3.63) is 35.9 Å². The lowest BCUT2D eigenvalue weighted by molar-refractivity contribution is -0.200. The van der Waals surface area contributed by atoms with Gasteiger partial charge in [-0.2, -0.15) is 0 Å². The Morgan fingerprint density at radius 3 is 2.46 bits per heavy atom. The van der Waals surface area contributed by atoms with Crippen LogP contribution in [0.5, 0.6) is 0 Å². The first kappa shape index (κ1) is 31.4. The minimum absolute atomic E-state index is 0.0394. The predicted molar refractivity (Wildman–Crippen MR) is 156 cm³/mol. The first-order chi connectivity index (χ1) is 19.7. The van der Waals surface area contributed by atoms with Gasteiger partial charge in [0, 0.05) is 33.2 Å². The van der Waals surface area contributed by atoms with Gasteiger partial charge in [-0.3, -0.25) is 19.2 Å². The highest BCUT2D eigenvalue weighted by molar-refractivity contribution is 5.96. The Kier molecular flexibility index (Phi) is 10.8. The summed E-state index contributed by atoms with van der Waals surface area (Å²) in [4.78, 5) is 48.7. The van der Waals surface area contributed by atoms with Crippen LogP contribution >= 0.6 is 0 Å². The summed E-state index contributed by atoms with van der Waals surface area (Å²) in [6.07, 6.45) is 5.51. The lowest BCUT2D eigenvalue weighted by Gasteiger charge is -2.36. The molecule has 1 aromatic carbocycles. The molecule has 0 bridgehead atoms. The Bertz CT molecular complexity index is 1030. The van der Waals surface area contributed by atoms with Crippen LogP contribution in [0.15, 0.2) is 30.3 Å². The van der Waals surface area contributed by atoms with E-state index in [1.54, 1.807) is 14.2 Å². The summed E-state index contributed by atoms with van der Waals surface area (Å²) >= 11 is 0. The first-order valence-electron chi connectivity index (χ1n) is 15.4. The summed E-state index contributed by atoms with van der Waals surface area (Å²) in [7, 11) is 3.27. The van der Waals surface area contributed by atoms with Crippen molar-refractivity contribution in [3.63, 3.8) is 0 Å². The van der Waals surface area contributed by atoms with E-state index in [9.17, 15) is 14.4 Å². The molecular weight excluding hydrogens is 522 g/mol. The number of hydrogen-bond donors (Lipinski definition) is 1. The van der Waals surface area contributed by atoms with Crippen LogP contribution in [-0.4, -0.2) is 85.4 Å². The summed E-state index contributed by atoms with van der Waals surface area (Å²) in [6.45, 7) is 7.82. The van der Waals surface area contributed by atoms with Gasteiger partial charge in [-0.1, -0.05) is 57.5 Å². The van der Waals surface area contributed by atoms with Crippen LogP contribution < -0.4 is 5.32 Å². The second-order valence-electron chi connectivity index (χ2n) is 12.2. The summed E-state index contributed by atoms with van der Waals surface area (Å²) in [5.41, 5.74) is -0.0263. The van der Waals surface area contributed by atoms with Gasteiger partial charge in [-0.25, -0.2) is 5.06 Å². The molecule has 0 unspecified atom stereocenters. The Morgan fingerprint density at radius 1 is 1.07 bits per heavy atom. The van der Waals surface area contributed by atoms with Gasteiger partial charge in [-0.05, 0) is 50.0 Å². The Morgan fingerprint density at radius 2 is 1.83 bits per heavy atom. The smallest absolute Gasteiger partial charge is 0.272 e. The standard InChI is InChI=1S/C32H49N3O6/c1-6-22(2)19-25(39-4)20-28(36)34-16-12-15-27(34)29(40-5)23(3)30(37)33-32(31(38)35-17-10-11-18-41-35)21-26(32)24-13-8-7-9-14-24/h7-9,13-14,22-23,25-27,29H,6,10-12,15-21H2,1-5H3,(H,33,37)/t22-,23+,25-,26-,27-,29+,32-/m0/s1. The van der Waals surface area contributed by atoms with Gasteiger partial charge in [0.05, 0.1) is 37.2 Å². The molecule has 4 rings (SSSR count). The van der Waals surface area contributed by atoms with E-state index in [0.29, 0.717) is 38.5 Å². The van der Waals surface area contributed by atoms with Gasteiger partial charge in [0.15, 0.2) is 0 Å². The van der Waals surface area contributed by atoms with Gasteiger partial charge < -0.3 is 19.7 Å². The molecule has 228 valence electrons. The minimum Gasteiger partial charge on any atom is -0.381 e. The maximum Gasteiger partial charge on any atom is 0.272 e. The number of nitrogens with zero attached hydrogens (tertiary/aromatic N) is 2. The number of hydroxylamine groups is 2. The summed E-state index contributed by atoms with van der Waals surface area (Å²) < 4.78 is 11.6. The van der Waals surface area contributed by atoms with Crippen LogP contribution in [0, 0.1) is 11.8 Å². The molecule has 41 heavy (non-hydrogen) atoms. The van der Waals surface area contributed by atoms with E-state index in [0.717, 1.165) is 44.1 Å². The van der Waals surface area contributed by atoms with Crippen molar-refractivity contribution >= 4 is 17.7 Å². The average Bonchev–Trinajstić information content (AvgIpc) is 3.52. The van der Waals surface area contributed by atoms with Gasteiger partial charge in [0.2, 0.25) is 11.8 Å². The molecule has 3 aliphatic rings. The van der Waals surface area contributed by atoms with Gasteiger partial charge in [0.25, 0.3) is 5.91 Å². The molecule has 2 saturated heterocycles. The molecule has 7 atom stereocenters. The number of methoxy groups -OCH3 is 2. The number of carbonyl (C=O) groups excluding carboxylic acids is 3. The molecule has 2 aliphatic heterocycles. The van der Waals surface area contributed by atoms with Crippen LogP contribution in [0.3, 0.4) is 0 Å². The molecular formula is C32H49N3O6. The predicted octanol–water partition coefficient (Wildman–Crippen LogP) is 4.07. The molecule has 1 aromatic rings. The zero-order valence-electron chi connectivity index (χ0n) is 25.5. The molecule has 1 aliphatic carbocycles. The van der Waals surface area contributed by atoms with Gasteiger partial charge in [-0.15, -0.1) is 0 Å². The van der Waals surface area contributed by atoms with E-state index in [2.05, 4.69) is 19.2 Å². The van der Waals surface area contributed by atoms with E-state index in [1.165, 1.54) is 5.06 Å². The third kappa shape index (κ3) is 7.12. The maximum absolute atomic E-state index is 13.8. The van der Waals surface area contributed by atoms with Gasteiger partial charge >= 0.3 is 0 Å². The Hall–Kier alpha value is -2.49. The quantitative estimate of drug-likeness (QED) is 0.384. The summed E-state index contributed by atoms with van der Waals surface area (Å²) in [6, 6.07) is 9.64. The molecule has 1 saturated carbocycles. The largest absolute Gasteiger partial charge is 0.381 e. The van der Waals surface area contributed by atoms with Crippen LogP contribution in [0.25, 0.3) is 0 Å². The van der Waals surface area contributed by atoms with E-state index in [-0.39, 0.29) is 35.8 Å². The molecule has 1 N–H and O–H groups in total. The zero-order chi connectivity index (χ0) is 29.6. The number of amides is 3.